The second-order valence-corrected chi connectivity index (χ2v) is 4.22. The predicted octanol–water partition coefficient (Wildman–Crippen LogP) is 2.95. The molecule has 1 N–H and O–H groups in total. The van der Waals surface area contributed by atoms with Crippen LogP contribution < -0.4 is 5.32 Å². The normalized spacial score (nSPS) is 10.2. The Balaban J connectivity index is 1.80. The molecule has 0 aliphatic heterocycles. The number of rotatable bonds is 4. The fourth-order valence-corrected chi connectivity index (χ4v) is 1.97. The Labute approximate surface area is 116 Å². The lowest BCUT2D eigenvalue weighted by Crippen LogP contribution is -2.02. The fourth-order valence-electron chi connectivity index (χ4n) is 1.97. The molecule has 0 aliphatic rings. The first-order valence-electron chi connectivity index (χ1n) is 6.17. The summed E-state index contributed by atoms with van der Waals surface area (Å²) in [4.78, 5) is 4.05. The summed E-state index contributed by atoms with van der Waals surface area (Å²) < 4.78 is 7.28. The smallest absolute Gasteiger partial charge is 0.203 e. The van der Waals surface area contributed by atoms with Crippen LogP contribution in [0.2, 0.25) is 0 Å². The zero-order chi connectivity index (χ0) is 13.8. The number of anilines is 1. The van der Waals surface area contributed by atoms with Gasteiger partial charge in [0.05, 0.1) is 24.2 Å². The van der Waals surface area contributed by atoms with Crippen LogP contribution in [0.3, 0.4) is 0 Å². The van der Waals surface area contributed by atoms with Crippen LogP contribution in [0.15, 0.2) is 59.5 Å². The standard InChI is InChI=1S/C15H12N4O/c16-9-12-5-6-13(20-12)10-18-14-3-1-2-4-15(14)19-8-7-17-11-19/h1-8,11,18H,10H2. The molecular formula is C15H12N4O. The molecule has 3 rings (SSSR count). The van der Waals surface area contributed by atoms with Crippen LogP contribution in [-0.4, -0.2) is 9.55 Å². The molecule has 2 aromatic heterocycles. The Kier molecular flexibility index (Phi) is 3.21. The van der Waals surface area contributed by atoms with Crippen LogP contribution in [0.4, 0.5) is 5.69 Å². The van der Waals surface area contributed by atoms with Gasteiger partial charge < -0.3 is 14.3 Å². The van der Waals surface area contributed by atoms with Crippen LogP contribution in [0.25, 0.3) is 5.69 Å². The highest BCUT2D eigenvalue weighted by atomic mass is 16.3. The second kappa shape index (κ2) is 5.33. The number of nitriles is 1. The average molecular weight is 264 g/mol. The van der Waals surface area contributed by atoms with Gasteiger partial charge in [0, 0.05) is 12.4 Å². The molecule has 0 amide bonds. The lowest BCUT2D eigenvalue weighted by Gasteiger charge is -2.11. The highest BCUT2D eigenvalue weighted by molar-refractivity contribution is 5.60. The van der Waals surface area contributed by atoms with Gasteiger partial charge in [-0.15, -0.1) is 0 Å². The molecular weight excluding hydrogens is 252 g/mol. The van der Waals surface area contributed by atoms with Gasteiger partial charge in [-0.3, -0.25) is 0 Å². The van der Waals surface area contributed by atoms with E-state index in [1.807, 2.05) is 41.1 Å². The Hall–Kier alpha value is -3.00. The van der Waals surface area contributed by atoms with Gasteiger partial charge in [-0.25, -0.2) is 4.98 Å². The van der Waals surface area contributed by atoms with Gasteiger partial charge in [0.1, 0.15) is 11.8 Å². The van der Waals surface area contributed by atoms with E-state index in [0.717, 1.165) is 17.1 Å². The molecule has 5 nitrogen and oxygen atoms in total. The third kappa shape index (κ3) is 2.40. The zero-order valence-corrected chi connectivity index (χ0v) is 10.7. The number of nitrogens with zero attached hydrogens (tertiary/aromatic N) is 3. The maximum Gasteiger partial charge on any atom is 0.203 e. The molecule has 98 valence electrons. The number of nitrogens with one attached hydrogen (secondary N) is 1. The summed E-state index contributed by atoms with van der Waals surface area (Å²) in [5, 5.41) is 12.0. The highest BCUT2D eigenvalue weighted by Gasteiger charge is 2.05. The minimum Gasteiger partial charge on any atom is -0.449 e. The summed E-state index contributed by atoms with van der Waals surface area (Å²) in [6.45, 7) is 0.521. The van der Waals surface area contributed by atoms with E-state index in [9.17, 15) is 0 Å². The lowest BCUT2D eigenvalue weighted by atomic mass is 10.2. The van der Waals surface area contributed by atoms with Gasteiger partial charge in [0.25, 0.3) is 0 Å². The van der Waals surface area contributed by atoms with Crippen LogP contribution >= 0.6 is 0 Å². The molecule has 20 heavy (non-hydrogen) atoms. The molecule has 0 saturated carbocycles. The summed E-state index contributed by atoms with van der Waals surface area (Å²) in [7, 11) is 0. The Morgan fingerprint density at radius 1 is 1.25 bits per heavy atom. The first kappa shape index (κ1) is 12.1. The van der Waals surface area contributed by atoms with Crippen LogP contribution in [0.5, 0.6) is 0 Å². The van der Waals surface area contributed by atoms with Crippen LogP contribution in [-0.2, 0) is 6.54 Å². The van der Waals surface area contributed by atoms with E-state index in [1.165, 1.54) is 0 Å². The molecule has 0 fully saturated rings. The Morgan fingerprint density at radius 2 is 2.15 bits per heavy atom. The monoisotopic (exact) mass is 264 g/mol. The Morgan fingerprint density at radius 3 is 2.90 bits per heavy atom. The molecule has 3 aromatic rings. The third-order valence-corrected chi connectivity index (χ3v) is 2.91. The largest absolute Gasteiger partial charge is 0.449 e. The van der Waals surface area contributed by atoms with Gasteiger partial charge in [0.15, 0.2) is 0 Å². The van der Waals surface area contributed by atoms with Gasteiger partial charge in [-0.1, -0.05) is 12.1 Å². The zero-order valence-electron chi connectivity index (χ0n) is 10.7. The van der Waals surface area contributed by atoms with Crippen molar-refractivity contribution in [3.63, 3.8) is 0 Å². The summed E-state index contributed by atoms with van der Waals surface area (Å²) in [5.74, 6) is 1.05. The van der Waals surface area contributed by atoms with Gasteiger partial charge in [0.2, 0.25) is 5.76 Å². The van der Waals surface area contributed by atoms with E-state index in [2.05, 4.69) is 10.3 Å². The Bertz CT molecular complexity index is 737. The van der Waals surface area contributed by atoms with Crippen molar-refractivity contribution in [1.82, 2.24) is 9.55 Å². The number of aromatic nitrogens is 2. The minimum atomic E-state index is 0.324. The number of hydrogen-bond donors (Lipinski definition) is 1. The quantitative estimate of drug-likeness (QED) is 0.786. The number of para-hydroxylation sites is 2. The van der Waals surface area contributed by atoms with E-state index < -0.39 is 0 Å². The average Bonchev–Trinajstić information content (AvgIpc) is 3.17. The van der Waals surface area contributed by atoms with E-state index >= 15 is 0 Å². The summed E-state index contributed by atoms with van der Waals surface area (Å²) in [6.07, 6.45) is 5.38. The SMILES string of the molecule is N#Cc1ccc(CNc2ccccc2-n2ccnc2)o1. The first-order chi connectivity index (χ1) is 9.86. The third-order valence-electron chi connectivity index (χ3n) is 2.91. The number of imidazole rings is 1. The fraction of sp³-hybridized carbons (Fsp3) is 0.0667. The van der Waals surface area contributed by atoms with Crippen molar-refractivity contribution in [2.45, 2.75) is 6.54 Å². The molecule has 0 atom stereocenters. The molecule has 0 saturated heterocycles. The van der Waals surface area contributed by atoms with Crippen molar-refractivity contribution in [3.05, 3.63) is 66.6 Å². The van der Waals surface area contributed by atoms with Crippen LogP contribution in [0, 0.1) is 11.3 Å². The maximum absolute atomic E-state index is 8.73. The lowest BCUT2D eigenvalue weighted by molar-refractivity contribution is 0.506. The van der Waals surface area contributed by atoms with Crippen molar-refractivity contribution in [3.8, 4) is 11.8 Å². The summed E-state index contributed by atoms with van der Waals surface area (Å²) in [6, 6.07) is 13.4. The van der Waals surface area contributed by atoms with Gasteiger partial charge in [-0.2, -0.15) is 5.26 Å². The predicted molar refractivity (Wildman–Crippen MR) is 74.3 cm³/mol. The molecule has 0 aliphatic carbocycles. The van der Waals surface area contributed by atoms with Crippen molar-refractivity contribution < 1.29 is 4.42 Å². The van der Waals surface area contributed by atoms with Crippen molar-refractivity contribution in [2.24, 2.45) is 0 Å². The molecule has 0 bridgehead atoms. The van der Waals surface area contributed by atoms with Crippen molar-refractivity contribution in [1.29, 1.82) is 5.26 Å². The van der Waals surface area contributed by atoms with Gasteiger partial charge in [-0.05, 0) is 24.3 Å². The second-order valence-electron chi connectivity index (χ2n) is 4.22. The van der Waals surface area contributed by atoms with E-state index in [4.69, 9.17) is 9.68 Å². The number of benzene rings is 1. The van der Waals surface area contributed by atoms with Gasteiger partial charge >= 0.3 is 0 Å². The molecule has 5 heteroatoms. The van der Waals surface area contributed by atoms with E-state index in [1.54, 1.807) is 24.7 Å². The molecule has 0 unspecified atom stereocenters. The molecule has 0 spiro atoms. The first-order valence-corrected chi connectivity index (χ1v) is 6.17. The van der Waals surface area contributed by atoms with E-state index in [-0.39, 0.29) is 0 Å². The molecule has 1 aromatic carbocycles. The number of hydrogen-bond acceptors (Lipinski definition) is 4. The minimum absolute atomic E-state index is 0.324. The topological polar surface area (TPSA) is 66.8 Å². The van der Waals surface area contributed by atoms with Crippen LogP contribution in [0.1, 0.15) is 11.5 Å². The number of furan rings is 1. The molecule has 2 heterocycles. The van der Waals surface area contributed by atoms with E-state index in [0.29, 0.717) is 12.3 Å². The highest BCUT2D eigenvalue weighted by Crippen LogP contribution is 2.20. The van der Waals surface area contributed by atoms with Crippen molar-refractivity contribution in [2.75, 3.05) is 5.32 Å². The summed E-state index contributed by atoms with van der Waals surface area (Å²) in [5.41, 5.74) is 1.98. The maximum atomic E-state index is 8.73. The van der Waals surface area contributed by atoms with Crippen molar-refractivity contribution >= 4 is 5.69 Å². The molecule has 0 radical (unpaired) electrons. The summed E-state index contributed by atoms with van der Waals surface area (Å²) >= 11 is 0.